The number of carbonyl (C=O) groups is 3. The standard InChI is InChI=1S/C17H12ClN3O7/c1-27-15(22)8-20-16(23)12(19-17(20)24)7-10-3-5-14(28-10)11-4-2-9(18)6-13(11)21(25)26/h2-7H,8H2,1H3,(H,19,24)/b12-7+. The summed E-state index contributed by atoms with van der Waals surface area (Å²) in [7, 11) is 1.14. The van der Waals surface area contributed by atoms with Crippen LogP contribution in [-0.4, -0.2) is 41.4 Å². The number of benzene rings is 1. The van der Waals surface area contributed by atoms with Gasteiger partial charge in [0.15, 0.2) is 0 Å². The van der Waals surface area contributed by atoms with E-state index in [4.69, 9.17) is 16.0 Å². The van der Waals surface area contributed by atoms with Crippen LogP contribution in [0.3, 0.4) is 0 Å². The van der Waals surface area contributed by atoms with Crippen molar-refractivity contribution in [2.45, 2.75) is 0 Å². The van der Waals surface area contributed by atoms with Crippen LogP contribution in [0.4, 0.5) is 10.5 Å². The van der Waals surface area contributed by atoms with Crippen LogP contribution in [0.25, 0.3) is 17.4 Å². The fourth-order valence-electron chi connectivity index (χ4n) is 2.49. The molecule has 0 atom stereocenters. The van der Waals surface area contributed by atoms with Crippen molar-refractivity contribution in [2.75, 3.05) is 13.7 Å². The van der Waals surface area contributed by atoms with Crippen molar-refractivity contribution in [3.05, 3.63) is 56.9 Å². The first kappa shape index (κ1) is 19.1. The van der Waals surface area contributed by atoms with Crippen LogP contribution in [0.1, 0.15) is 5.76 Å². The molecular formula is C17H12ClN3O7. The number of imide groups is 1. The molecule has 144 valence electrons. The Balaban J connectivity index is 1.88. The van der Waals surface area contributed by atoms with Crippen molar-refractivity contribution in [1.82, 2.24) is 10.2 Å². The number of hydrogen-bond donors (Lipinski definition) is 1. The lowest BCUT2D eigenvalue weighted by Gasteiger charge is -2.08. The second-order valence-electron chi connectivity index (χ2n) is 5.58. The number of esters is 1. The molecule has 28 heavy (non-hydrogen) atoms. The van der Waals surface area contributed by atoms with Crippen molar-refractivity contribution in [1.29, 1.82) is 0 Å². The summed E-state index contributed by atoms with van der Waals surface area (Å²) in [5, 5.41) is 13.7. The van der Waals surface area contributed by atoms with Gasteiger partial charge in [-0.15, -0.1) is 0 Å². The summed E-state index contributed by atoms with van der Waals surface area (Å²) in [6, 6.07) is 6.30. The van der Waals surface area contributed by atoms with Crippen LogP contribution >= 0.6 is 11.6 Å². The van der Waals surface area contributed by atoms with Crippen LogP contribution in [0, 0.1) is 10.1 Å². The lowest BCUT2D eigenvalue weighted by Crippen LogP contribution is -2.36. The summed E-state index contributed by atoms with van der Waals surface area (Å²) in [5.74, 6) is -1.13. The summed E-state index contributed by atoms with van der Waals surface area (Å²) in [6.07, 6.45) is 1.25. The monoisotopic (exact) mass is 405 g/mol. The number of rotatable bonds is 5. The third kappa shape index (κ3) is 3.71. The van der Waals surface area contributed by atoms with Gasteiger partial charge < -0.3 is 14.5 Å². The van der Waals surface area contributed by atoms with Gasteiger partial charge in [0.1, 0.15) is 23.8 Å². The minimum Gasteiger partial charge on any atom is -0.468 e. The molecule has 2 aromatic rings. The molecule has 1 aliphatic heterocycles. The van der Waals surface area contributed by atoms with Crippen molar-refractivity contribution >= 4 is 41.3 Å². The molecule has 1 saturated heterocycles. The molecule has 0 saturated carbocycles. The maximum atomic E-state index is 12.3. The predicted molar refractivity (Wildman–Crippen MR) is 96.0 cm³/mol. The highest BCUT2D eigenvalue weighted by molar-refractivity contribution is 6.30. The van der Waals surface area contributed by atoms with Crippen LogP contribution in [0.2, 0.25) is 5.02 Å². The molecule has 0 aliphatic carbocycles. The largest absolute Gasteiger partial charge is 0.468 e. The van der Waals surface area contributed by atoms with Gasteiger partial charge in [-0.25, -0.2) is 9.69 Å². The minimum atomic E-state index is -0.776. The molecule has 3 rings (SSSR count). The number of nitrogens with one attached hydrogen (secondary N) is 1. The van der Waals surface area contributed by atoms with Crippen molar-refractivity contribution in [2.24, 2.45) is 0 Å². The van der Waals surface area contributed by atoms with E-state index in [1.165, 1.54) is 36.4 Å². The van der Waals surface area contributed by atoms with E-state index in [2.05, 4.69) is 10.1 Å². The molecule has 1 fully saturated rings. The quantitative estimate of drug-likeness (QED) is 0.266. The molecule has 1 aromatic carbocycles. The lowest BCUT2D eigenvalue weighted by atomic mass is 10.1. The van der Waals surface area contributed by atoms with E-state index in [9.17, 15) is 24.5 Å². The number of nitrogens with zero attached hydrogens (tertiary/aromatic N) is 2. The van der Waals surface area contributed by atoms with Crippen molar-refractivity contribution in [3.63, 3.8) is 0 Å². The number of halogens is 1. The third-order valence-corrected chi connectivity index (χ3v) is 4.05. The Hall–Kier alpha value is -3.66. The summed E-state index contributed by atoms with van der Waals surface area (Å²) in [5.41, 5.74) is -0.149. The summed E-state index contributed by atoms with van der Waals surface area (Å²) in [6.45, 7) is -0.529. The van der Waals surface area contributed by atoms with Gasteiger partial charge in [-0.05, 0) is 24.3 Å². The number of furan rings is 1. The molecule has 2 heterocycles. The highest BCUT2D eigenvalue weighted by Gasteiger charge is 2.35. The Kier molecular flexibility index (Phi) is 5.14. The summed E-state index contributed by atoms with van der Waals surface area (Å²) >= 11 is 5.80. The smallest absolute Gasteiger partial charge is 0.329 e. The van der Waals surface area contributed by atoms with E-state index in [1.807, 2.05) is 0 Å². The first-order chi connectivity index (χ1) is 13.3. The second kappa shape index (κ2) is 7.53. The van der Waals surface area contributed by atoms with E-state index in [0.29, 0.717) is 4.90 Å². The number of methoxy groups -OCH3 is 1. The van der Waals surface area contributed by atoms with Gasteiger partial charge in [0.05, 0.1) is 17.6 Å². The topological polar surface area (TPSA) is 132 Å². The predicted octanol–water partition coefficient (Wildman–Crippen LogP) is 2.57. The number of nitro benzene ring substituents is 1. The zero-order chi connectivity index (χ0) is 20.4. The molecule has 3 amide bonds. The molecule has 0 spiro atoms. The molecule has 1 N–H and O–H groups in total. The zero-order valence-electron chi connectivity index (χ0n) is 14.3. The Morgan fingerprint density at radius 2 is 2.11 bits per heavy atom. The van der Waals surface area contributed by atoms with Crippen LogP contribution in [-0.2, 0) is 14.3 Å². The number of urea groups is 1. The third-order valence-electron chi connectivity index (χ3n) is 3.81. The number of carbonyl (C=O) groups excluding carboxylic acids is 3. The minimum absolute atomic E-state index is 0.111. The van der Waals surface area contributed by atoms with Gasteiger partial charge in [0, 0.05) is 17.2 Å². The second-order valence-corrected chi connectivity index (χ2v) is 6.01. The maximum absolute atomic E-state index is 12.3. The number of hydrogen-bond acceptors (Lipinski definition) is 7. The Morgan fingerprint density at radius 3 is 2.79 bits per heavy atom. The maximum Gasteiger partial charge on any atom is 0.329 e. The molecule has 11 heteroatoms. The number of nitro groups is 1. The fourth-order valence-corrected chi connectivity index (χ4v) is 2.66. The molecule has 1 aliphatic rings. The Labute approximate surface area is 162 Å². The number of ether oxygens (including phenoxy) is 1. The van der Waals surface area contributed by atoms with E-state index < -0.39 is 29.4 Å². The Morgan fingerprint density at radius 1 is 1.36 bits per heavy atom. The van der Waals surface area contributed by atoms with E-state index in [-0.39, 0.29) is 33.5 Å². The highest BCUT2D eigenvalue weighted by Crippen LogP contribution is 2.33. The van der Waals surface area contributed by atoms with Crippen molar-refractivity contribution < 1.29 is 28.5 Å². The molecule has 10 nitrogen and oxygen atoms in total. The van der Waals surface area contributed by atoms with Gasteiger partial charge in [-0.2, -0.15) is 0 Å². The number of amides is 3. The molecule has 1 aromatic heterocycles. The summed E-state index contributed by atoms with van der Waals surface area (Å²) < 4.78 is 9.98. The van der Waals surface area contributed by atoms with Crippen LogP contribution in [0.15, 0.2) is 40.4 Å². The molecule has 0 unspecified atom stereocenters. The van der Waals surface area contributed by atoms with Gasteiger partial charge in [0.25, 0.3) is 11.6 Å². The van der Waals surface area contributed by atoms with Gasteiger partial charge in [0.2, 0.25) is 0 Å². The first-order valence-corrected chi connectivity index (χ1v) is 8.13. The van der Waals surface area contributed by atoms with E-state index in [0.717, 1.165) is 7.11 Å². The van der Waals surface area contributed by atoms with Crippen LogP contribution in [0.5, 0.6) is 0 Å². The van der Waals surface area contributed by atoms with Crippen LogP contribution < -0.4 is 5.32 Å². The van der Waals surface area contributed by atoms with Gasteiger partial charge in [-0.3, -0.25) is 19.7 Å². The van der Waals surface area contributed by atoms with Crippen molar-refractivity contribution in [3.8, 4) is 11.3 Å². The fraction of sp³-hybridized carbons (Fsp3) is 0.118. The molecular weight excluding hydrogens is 394 g/mol. The lowest BCUT2D eigenvalue weighted by molar-refractivity contribution is -0.384. The first-order valence-electron chi connectivity index (χ1n) is 7.75. The average Bonchev–Trinajstić information content (AvgIpc) is 3.22. The average molecular weight is 406 g/mol. The summed E-state index contributed by atoms with van der Waals surface area (Å²) in [4.78, 5) is 46.7. The highest BCUT2D eigenvalue weighted by atomic mass is 35.5. The zero-order valence-corrected chi connectivity index (χ0v) is 15.1. The van der Waals surface area contributed by atoms with Gasteiger partial charge in [-0.1, -0.05) is 11.6 Å². The van der Waals surface area contributed by atoms with E-state index in [1.54, 1.807) is 0 Å². The van der Waals surface area contributed by atoms with E-state index >= 15 is 0 Å². The molecule has 0 bridgehead atoms. The van der Waals surface area contributed by atoms with Gasteiger partial charge >= 0.3 is 12.0 Å². The normalized spacial score (nSPS) is 15.1. The SMILES string of the molecule is COC(=O)CN1C(=O)N/C(=C/c2ccc(-c3ccc(Cl)cc3[N+](=O)[O-])o2)C1=O. The Bertz CT molecular complexity index is 1030. The molecule has 0 radical (unpaired) electrons.